The average molecular weight is 246 g/mol. The summed E-state index contributed by atoms with van der Waals surface area (Å²) < 4.78 is 3.59. The molecule has 0 N–H and O–H groups in total. The number of rotatable bonds is 2. The van der Waals surface area contributed by atoms with E-state index < -0.39 is 3.79 Å². The third-order valence-corrected chi connectivity index (χ3v) is 1.16. The Morgan fingerprint density at radius 3 is 2.08 bits per heavy atom. The van der Waals surface area contributed by atoms with Gasteiger partial charge in [-0.25, -0.2) is 0 Å². The van der Waals surface area contributed by atoms with Crippen LogP contribution in [0.25, 0.3) is 0 Å². The van der Waals surface area contributed by atoms with Crippen LogP contribution in [-0.2, 0) is 4.74 Å². The fourth-order valence-corrected chi connectivity index (χ4v) is 0.549. The van der Waals surface area contributed by atoms with Gasteiger partial charge in [0.1, 0.15) is 6.61 Å². The number of hydrogen-bond donors (Lipinski definition) is 0. The van der Waals surface area contributed by atoms with Gasteiger partial charge in [0.15, 0.2) is 0 Å². The van der Waals surface area contributed by atoms with Crippen molar-refractivity contribution < 1.29 is 4.74 Å². The summed E-state index contributed by atoms with van der Waals surface area (Å²) in [5, 5.41) is 7.51. The minimum absolute atomic E-state index is 0.0364. The Morgan fingerprint density at radius 1 is 1.15 bits per heavy atom. The summed E-state index contributed by atoms with van der Waals surface area (Å²) >= 11 is 16.4. The van der Waals surface area contributed by atoms with Crippen LogP contribution in [0.5, 0.6) is 0 Å². The van der Waals surface area contributed by atoms with Crippen molar-refractivity contribution in [3.63, 3.8) is 0 Å². The maximum absolute atomic E-state index is 5.45. The molecule has 0 aromatic rings. The van der Waals surface area contributed by atoms with Crippen molar-refractivity contribution in [2.75, 3.05) is 6.61 Å². The normalized spacial score (nSPS) is 12.6. The van der Waals surface area contributed by atoms with Crippen LogP contribution in [-0.4, -0.2) is 22.0 Å². The summed E-state index contributed by atoms with van der Waals surface area (Å²) in [5.74, 6) is 0.368. The average Bonchev–Trinajstić information content (AvgIpc) is 1.95. The van der Waals surface area contributed by atoms with Crippen LogP contribution in [0.2, 0.25) is 0 Å². The van der Waals surface area contributed by atoms with E-state index in [0.29, 0.717) is 5.90 Å². The number of alkyl halides is 3. The van der Waals surface area contributed by atoms with Crippen LogP contribution in [0.3, 0.4) is 0 Å². The summed E-state index contributed by atoms with van der Waals surface area (Å²) in [6.07, 6.45) is 0. The molecule has 0 aliphatic rings. The van der Waals surface area contributed by atoms with E-state index in [2.05, 4.69) is 10.2 Å². The fourth-order valence-electron chi connectivity index (χ4n) is 0.386. The molecule has 0 aliphatic heterocycles. The van der Waals surface area contributed by atoms with E-state index in [4.69, 9.17) is 39.5 Å². The summed E-state index contributed by atoms with van der Waals surface area (Å²) in [6, 6.07) is 0. The Morgan fingerprint density at radius 2 is 1.69 bits per heavy atom. The molecular weight excluding hydrogens is 234 g/mol. The highest BCUT2D eigenvalue weighted by Gasteiger charge is 2.20. The summed E-state index contributed by atoms with van der Waals surface area (Å²) in [4.78, 5) is 0. The topological polar surface area (TPSA) is 34.0 Å². The van der Waals surface area contributed by atoms with Gasteiger partial charge in [-0.15, -0.1) is 5.10 Å². The van der Waals surface area contributed by atoms with E-state index in [1.54, 1.807) is 6.92 Å². The zero-order valence-electron chi connectivity index (χ0n) is 7.64. The van der Waals surface area contributed by atoms with E-state index in [-0.39, 0.29) is 6.61 Å². The van der Waals surface area contributed by atoms with Gasteiger partial charge in [-0.05, 0) is 13.8 Å². The molecule has 0 spiro atoms. The molecule has 0 aromatic carbocycles. The maximum Gasteiger partial charge on any atom is 0.224 e. The van der Waals surface area contributed by atoms with Crippen LogP contribution in [0.15, 0.2) is 10.2 Å². The van der Waals surface area contributed by atoms with E-state index >= 15 is 0 Å². The van der Waals surface area contributed by atoms with Crippen molar-refractivity contribution in [3.8, 4) is 0 Å². The summed E-state index contributed by atoms with van der Waals surface area (Å²) in [6.45, 7) is 5.26. The minimum atomic E-state index is -1.41. The third kappa shape index (κ3) is 9.93. The highest BCUT2D eigenvalue weighted by atomic mass is 35.6. The van der Waals surface area contributed by atoms with Gasteiger partial charge in [-0.1, -0.05) is 34.8 Å². The van der Waals surface area contributed by atoms with Gasteiger partial charge in [-0.3, -0.25) is 0 Å². The first kappa shape index (κ1) is 13.0. The second-order valence-electron chi connectivity index (χ2n) is 2.57. The zero-order valence-corrected chi connectivity index (χ0v) is 9.91. The molecule has 0 fully saturated rings. The molecule has 0 bridgehead atoms. The molecular formula is C7H11Cl3N2O. The predicted molar refractivity (Wildman–Crippen MR) is 58.1 cm³/mol. The quantitative estimate of drug-likeness (QED) is 0.318. The molecule has 0 aromatic heterocycles. The molecule has 0 rings (SSSR count). The second-order valence-corrected chi connectivity index (χ2v) is 5.09. The molecule has 13 heavy (non-hydrogen) atoms. The van der Waals surface area contributed by atoms with Crippen molar-refractivity contribution in [2.24, 2.45) is 10.2 Å². The van der Waals surface area contributed by atoms with Crippen LogP contribution in [0, 0.1) is 0 Å². The Kier molecular flexibility index (Phi) is 5.68. The predicted octanol–water partition coefficient (Wildman–Crippen LogP) is 3.19. The third-order valence-electron chi connectivity index (χ3n) is 0.836. The molecule has 0 amide bonds. The van der Waals surface area contributed by atoms with Crippen LogP contribution < -0.4 is 0 Å². The Labute approximate surface area is 92.7 Å². The van der Waals surface area contributed by atoms with Gasteiger partial charge in [-0.2, -0.15) is 5.10 Å². The van der Waals surface area contributed by atoms with E-state index in [1.807, 2.05) is 13.8 Å². The van der Waals surface area contributed by atoms with Crippen LogP contribution in [0.1, 0.15) is 20.8 Å². The van der Waals surface area contributed by atoms with Crippen molar-refractivity contribution in [3.05, 3.63) is 0 Å². The first-order valence-electron chi connectivity index (χ1n) is 3.56. The molecule has 3 nitrogen and oxygen atoms in total. The lowest BCUT2D eigenvalue weighted by Gasteiger charge is -2.10. The molecule has 0 saturated heterocycles. The maximum atomic E-state index is 5.45. The highest BCUT2D eigenvalue weighted by Crippen LogP contribution is 2.25. The fraction of sp³-hybridized carbons (Fsp3) is 0.714. The first-order valence-corrected chi connectivity index (χ1v) is 4.69. The van der Waals surface area contributed by atoms with Crippen LogP contribution >= 0.6 is 34.8 Å². The van der Waals surface area contributed by atoms with Crippen molar-refractivity contribution in [1.82, 2.24) is 0 Å². The zero-order chi connectivity index (χ0) is 10.5. The smallest absolute Gasteiger partial charge is 0.224 e. The molecule has 0 heterocycles. The standard InChI is InChI=1S/C7H11Cl3N2O/c1-5(2)11-12-6(3)13-4-7(8,9)10/h4H2,1-3H3/b12-6+. The molecule has 0 radical (unpaired) electrons. The van der Waals surface area contributed by atoms with Gasteiger partial charge in [0.05, 0.1) is 0 Å². The van der Waals surface area contributed by atoms with Gasteiger partial charge in [0, 0.05) is 12.6 Å². The lowest BCUT2D eigenvalue weighted by Crippen LogP contribution is -2.15. The first-order chi connectivity index (χ1) is 5.81. The van der Waals surface area contributed by atoms with Gasteiger partial charge < -0.3 is 4.74 Å². The van der Waals surface area contributed by atoms with Gasteiger partial charge >= 0.3 is 0 Å². The lowest BCUT2D eigenvalue weighted by molar-refractivity contribution is 0.309. The number of hydrogen-bond acceptors (Lipinski definition) is 3. The largest absolute Gasteiger partial charge is 0.475 e. The molecule has 0 atom stereocenters. The molecule has 0 unspecified atom stereocenters. The number of halogens is 3. The summed E-state index contributed by atoms with van der Waals surface area (Å²) in [7, 11) is 0. The number of nitrogens with zero attached hydrogens (tertiary/aromatic N) is 2. The van der Waals surface area contributed by atoms with E-state index in [9.17, 15) is 0 Å². The Hall–Kier alpha value is 0.01000. The van der Waals surface area contributed by atoms with Crippen molar-refractivity contribution in [2.45, 2.75) is 24.6 Å². The van der Waals surface area contributed by atoms with Crippen molar-refractivity contribution in [1.29, 1.82) is 0 Å². The Balaban J connectivity index is 3.95. The Bertz CT molecular complexity index is 216. The second kappa shape index (κ2) is 5.68. The molecule has 0 saturated carbocycles. The monoisotopic (exact) mass is 244 g/mol. The SMILES string of the molecule is CC(C)=N/N=C(\C)OCC(Cl)(Cl)Cl. The summed E-state index contributed by atoms with van der Waals surface area (Å²) in [5.41, 5.74) is 0.830. The van der Waals surface area contributed by atoms with E-state index in [1.165, 1.54) is 0 Å². The van der Waals surface area contributed by atoms with Gasteiger partial charge in [0.25, 0.3) is 0 Å². The van der Waals surface area contributed by atoms with E-state index in [0.717, 1.165) is 5.71 Å². The number of ether oxygens (including phenoxy) is 1. The molecule has 76 valence electrons. The van der Waals surface area contributed by atoms with Crippen LogP contribution in [0.4, 0.5) is 0 Å². The highest BCUT2D eigenvalue weighted by molar-refractivity contribution is 6.67. The molecule has 0 aliphatic carbocycles. The van der Waals surface area contributed by atoms with Crippen molar-refractivity contribution >= 4 is 46.4 Å². The lowest BCUT2D eigenvalue weighted by atomic mass is 10.5. The van der Waals surface area contributed by atoms with Gasteiger partial charge in [0.2, 0.25) is 9.69 Å². The minimum Gasteiger partial charge on any atom is -0.475 e. The molecule has 6 heteroatoms.